The van der Waals surface area contributed by atoms with E-state index in [1.165, 1.54) is 18.2 Å². The summed E-state index contributed by atoms with van der Waals surface area (Å²) >= 11 is 0. The first-order chi connectivity index (χ1) is 12.1. The maximum atomic E-state index is 14.0. The van der Waals surface area contributed by atoms with Gasteiger partial charge in [0.25, 0.3) is 5.91 Å². The second kappa shape index (κ2) is 8.40. The molecule has 6 nitrogen and oxygen atoms in total. The number of halogens is 1. The normalized spacial score (nSPS) is 21.6. The standard InChI is InChI=1S/C18H23FN2O4/c19-14-7-6-13(20-18(23)16-11-24-8-9-25-16)10-15(14)21-17(22)12-4-2-1-3-5-12/h6-7,10,12,16H,1-5,8-9,11H2,(H,20,23)(H,21,22)/t16-/m0/s1. The molecule has 25 heavy (non-hydrogen) atoms. The number of carbonyl (C=O) groups excluding carboxylic acids is 2. The quantitative estimate of drug-likeness (QED) is 0.875. The highest BCUT2D eigenvalue weighted by molar-refractivity contribution is 5.96. The topological polar surface area (TPSA) is 76.7 Å². The molecule has 0 spiro atoms. The zero-order chi connectivity index (χ0) is 17.6. The second-order valence-corrected chi connectivity index (χ2v) is 6.44. The summed E-state index contributed by atoms with van der Waals surface area (Å²) in [5.74, 6) is -1.11. The first-order valence-corrected chi connectivity index (χ1v) is 8.74. The molecule has 1 aromatic carbocycles. The number of anilines is 2. The summed E-state index contributed by atoms with van der Waals surface area (Å²) in [5.41, 5.74) is 0.480. The van der Waals surface area contributed by atoms with Crippen LogP contribution in [-0.4, -0.2) is 37.7 Å². The SMILES string of the molecule is O=C(Nc1cc(NC(=O)[C@@H]2COCCO2)ccc1F)C1CCCCC1. The fourth-order valence-corrected chi connectivity index (χ4v) is 3.16. The van der Waals surface area contributed by atoms with Crippen molar-refractivity contribution in [2.24, 2.45) is 5.92 Å². The van der Waals surface area contributed by atoms with Gasteiger partial charge in [-0.15, -0.1) is 0 Å². The molecule has 1 atom stereocenters. The lowest BCUT2D eigenvalue weighted by Crippen LogP contribution is -2.39. The van der Waals surface area contributed by atoms with Gasteiger partial charge < -0.3 is 20.1 Å². The Morgan fingerprint density at radius 2 is 1.84 bits per heavy atom. The van der Waals surface area contributed by atoms with Crippen LogP contribution in [0.25, 0.3) is 0 Å². The molecule has 1 aliphatic heterocycles. The van der Waals surface area contributed by atoms with Gasteiger partial charge in [-0.1, -0.05) is 19.3 Å². The van der Waals surface area contributed by atoms with Gasteiger partial charge in [0.15, 0.2) is 6.10 Å². The third-order valence-electron chi connectivity index (χ3n) is 4.58. The summed E-state index contributed by atoms with van der Waals surface area (Å²) in [5, 5.41) is 5.32. The fourth-order valence-electron chi connectivity index (χ4n) is 3.16. The van der Waals surface area contributed by atoms with Gasteiger partial charge >= 0.3 is 0 Å². The number of rotatable bonds is 4. The molecule has 0 aromatic heterocycles. The minimum Gasteiger partial charge on any atom is -0.376 e. The number of benzene rings is 1. The van der Waals surface area contributed by atoms with E-state index in [4.69, 9.17) is 9.47 Å². The van der Waals surface area contributed by atoms with Crippen molar-refractivity contribution < 1.29 is 23.5 Å². The summed E-state index contributed by atoms with van der Waals surface area (Å²) in [4.78, 5) is 24.4. The van der Waals surface area contributed by atoms with Crippen LogP contribution >= 0.6 is 0 Å². The number of hydrogen-bond donors (Lipinski definition) is 2. The summed E-state index contributed by atoms with van der Waals surface area (Å²) in [7, 11) is 0. The van der Waals surface area contributed by atoms with Gasteiger partial charge in [-0.25, -0.2) is 4.39 Å². The van der Waals surface area contributed by atoms with E-state index in [0.717, 1.165) is 32.1 Å². The van der Waals surface area contributed by atoms with Crippen LogP contribution in [0.1, 0.15) is 32.1 Å². The van der Waals surface area contributed by atoms with Gasteiger partial charge in [-0.05, 0) is 31.0 Å². The minimum atomic E-state index is -0.681. The zero-order valence-electron chi connectivity index (χ0n) is 14.1. The van der Waals surface area contributed by atoms with E-state index in [-0.39, 0.29) is 30.0 Å². The van der Waals surface area contributed by atoms with E-state index in [0.29, 0.717) is 18.9 Å². The van der Waals surface area contributed by atoms with Crippen molar-refractivity contribution in [1.29, 1.82) is 0 Å². The van der Waals surface area contributed by atoms with E-state index in [9.17, 15) is 14.0 Å². The van der Waals surface area contributed by atoms with Gasteiger partial charge in [0.2, 0.25) is 5.91 Å². The number of nitrogens with one attached hydrogen (secondary N) is 2. The predicted octanol–water partition coefficient (Wildman–Crippen LogP) is 2.70. The van der Waals surface area contributed by atoms with E-state index in [2.05, 4.69) is 10.6 Å². The summed E-state index contributed by atoms with van der Waals surface area (Å²) in [6.07, 6.45) is 4.19. The average molecular weight is 350 g/mol. The molecule has 2 N–H and O–H groups in total. The van der Waals surface area contributed by atoms with Crippen LogP contribution in [-0.2, 0) is 19.1 Å². The molecule has 2 aliphatic rings. The molecule has 136 valence electrons. The smallest absolute Gasteiger partial charge is 0.255 e. The number of ether oxygens (including phenoxy) is 2. The van der Waals surface area contributed by atoms with E-state index < -0.39 is 11.9 Å². The Labute approximate surface area is 146 Å². The lowest BCUT2D eigenvalue weighted by Gasteiger charge is -2.22. The van der Waals surface area contributed by atoms with Gasteiger partial charge in [-0.3, -0.25) is 9.59 Å². The van der Waals surface area contributed by atoms with Crippen molar-refractivity contribution in [2.45, 2.75) is 38.2 Å². The molecule has 0 bridgehead atoms. The summed E-state index contributed by atoms with van der Waals surface area (Å²) in [6.45, 7) is 1.03. The van der Waals surface area contributed by atoms with Gasteiger partial charge in [0.1, 0.15) is 5.82 Å². The molecular weight excluding hydrogens is 327 g/mol. The maximum Gasteiger partial charge on any atom is 0.255 e. The molecule has 2 amide bonds. The Balaban J connectivity index is 1.63. The molecular formula is C18H23FN2O4. The van der Waals surface area contributed by atoms with Crippen LogP contribution in [0.3, 0.4) is 0 Å². The second-order valence-electron chi connectivity index (χ2n) is 6.44. The number of hydrogen-bond acceptors (Lipinski definition) is 4. The van der Waals surface area contributed by atoms with Crippen LogP contribution in [0, 0.1) is 11.7 Å². The first kappa shape index (κ1) is 17.8. The molecule has 1 aliphatic carbocycles. The van der Waals surface area contributed by atoms with Crippen LogP contribution in [0.5, 0.6) is 0 Å². The van der Waals surface area contributed by atoms with E-state index in [1.54, 1.807) is 0 Å². The highest BCUT2D eigenvalue weighted by atomic mass is 19.1. The lowest BCUT2D eigenvalue weighted by molar-refractivity contribution is -0.142. The Kier molecular flexibility index (Phi) is 5.99. The van der Waals surface area contributed by atoms with E-state index >= 15 is 0 Å². The Hall–Kier alpha value is -1.99. The fraction of sp³-hybridized carbons (Fsp3) is 0.556. The number of amides is 2. The van der Waals surface area contributed by atoms with Crippen LogP contribution in [0.4, 0.5) is 15.8 Å². The molecule has 0 unspecified atom stereocenters. The van der Waals surface area contributed by atoms with Gasteiger partial charge in [0, 0.05) is 11.6 Å². The molecule has 3 rings (SSSR count). The molecule has 1 saturated heterocycles. The van der Waals surface area contributed by atoms with Gasteiger partial charge in [0.05, 0.1) is 25.5 Å². The summed E-state index contributed by atoms with van der Waals surface area (Å²) < 4.78 is 24.5. The minimum absolute atomic E-state index is 0.0702. The largest absolute Gasteiger partial charge is 0.376 e. The van der Waals surface area contributed by atoms with Crippen molar-refractivity contribution in [3.05, 3.63) is 24.0 Å². The lowest BCUT2D eigenvalue weighted by atomic mass is 9.88. The highest BCUT2D eigenvalue weighted by Crippen LogP contribution is 2.26. The maximum absolute atomic E-state index is 14.0. The van der Waals surface area contributed by atoms with Crippen molar-refractivity contribution in [2.75, 3.05) is 30.5 Å². The molecule has 0 radical (unpaired) electrons. The predicted molar refractivity (Wildman–Crippen MR) is 90.8 cm³/mol. The van der Waals surface area contributed by atoms with Crippen LogP contribution < -0.4 is 10.6 Å². The Bertz CT molecular complexity index is 626. The van der Waals surface area contributed by atoms with Crippen molar-refractivity contribution in [1.82, 2.24) is 0 Å². The highest BCUT2D eigenvalue weighted by Gasteiger charge is 2.24. The molecule has 7 heteroatoms. The number of carbonyl (C=O) groups is 2. The molecule has 2 fully saturated rings. The monoisotopic (exact) mass is 350 g/mol. The molecule has 1 heterocycles. The molecule has 1 saturated carbocycles. The molecule has 1 aromatic rings. The summed E-state index contributed by atoms with van der Waals surface area (Å²) in [6, 6.07) is 4.11. The average Bonchev–Trinajstić information content (AvgIpc) is 2.66. The van der Waals surface area contributed by atoms with Crippen LogP contribution in [0.15, 0.2) is 18.2 Å². The third kappa shape index (κ3) is 4.76. The van der Waals surface area contributed by atoms with Crippen molar-refractivity contribution in [3.8, 4) is 0 Å². The first-order valence-electron chi connectivity index (χ1n) is 8.74. The third-order valence-corrected chi connectivity index (χ3v) is 4.58. The van der Waals surface area contributed by atoms with E-state index in [1.807, 2.05) is 0 Å². The van der Waals surface area contributed by atoms with Crippen molar-refractivity contribution >= 4 is 23.2 Å². The zero-order valence-corrected chi connectivity index (χ0v) is 14.1. The Morgan fingerprint density at radius 3 is 2.56 bits per heavy atom. The van der Waals surface area contributed by atoms with Crippen molar-refractivity contribution in [3.63, 3.8) is 0 Å². The Morgan fingerprint density at radius 1 is 1.04 bits per heavy atom. The van der Waals surface area contributed by atoms with Crippen LogP contribution in [0.2, 0.25) is 0 Å². The van der Waals surface area contributed by atoms with Gasteiger partial charge in [-0.2, -0.15) is 0 Å².